The molecule has 1 aliphatic rings. The first-order valence-electron chi connectivity index (χ1n) is 6.40. The van der Waals surface area contributed by atoms with E-state index in [4.69, 9.17) is 0 Å². The normalized spacial score (nSPS) is 22.4. The zero-order valence-electron chi connectivity index (χ0n) is 10.8. The Labute approximate surface area is 112 Å². The number of benzene rings is 2. The van der Waals surface area contributed by atoms with Crippen LogP contribution in [0.15, 0.2) is 60.7 Å². The van der Waals surface area contributed by atoms with Gasteiger partial charge in [-0.3, -0.25) is 0 Å². The molecule has 1 saturated heterocycles. The average Bonchev–Trinajstić information content (AvgIpc) is 2.77. The predicted molar refractivity (Wildman–Crippen MR) is 74.7 cm³/mol. The molecular weight excluding hydrogens is 236 g/mol. The van der Waals surface area contributed by atoms with Crippen molar-refractivity contribution in [2.75, 3.05) is 7.05 Å². The lowest BCUT2D eigenvalue weighted by atomic mass is 9.94. The van der Waals surface area contributed by atoms with Crippen LogP contribution in [-0.2, 0) is 0 Å². The minimum Gasteiger partial charge on any atom is -0.329 e. The standard InChI is InChI=1S/C16H16N2O/c1-18-15(13-10-6-3-7-11-13)14(17-16(18)19)12-8-4-2-5-9-12/h2-11,14-15H,1H3,(H,17,19)/t14-,15-/m1/s1. The van der Waals surface area contributed by atoms with Crippen LogP contribution in [-0.4, -0.2) is 18.0 Å². The molecule has 0 aliphatic carbocycles. The fourth-order valence-corrected chi connectivity index (χ4v) is 2.66. The average molecular weight is 252 g/mol. The molecule has 0 saturated carbocycles. The van der Waals surface area contributed by atoms with E-state index in [9.17, 15) is 4.79 Å². The number of nitrogens with one attached hydrogen (secondary N) is 1. The zero-order chi connectivity index (χ0) is 13.2. The summed E-state index contributed by atoms with van der Waals surface area (Å²) in [4.78, 5) is 13.7. The number of carbonyl (C=O) groups is 1. The fraction of sp³-hybridized carbons (Fsp3) is 0.188. The summed E-state index contributed by atoms with van der Waals surface area (Å²) in [5.74, 6) is 0. The molecular formula is C16H16N2O. The van der Waals surface area contributed by atoms with E-state index >= 15 is 0 Å². The van der Waals surface area contributed by atoms with Crippen LogP contribution >= 0.6 is 0 Å². The second-order valence-corrected chi connectivity index (χ2v) is 4.80. The van der Waals surface area contributed by atoms with E-state index in [0.717, 1.165) is 11.1 Å². The summed E-state index contributed by atoms with van der Waals surface area (Å²) in [5, 5.41) is 3.06. The molecule has 2 atom stereocenters. The third kappa shape index (κ3) is 2.08. The number of amides is 2. The molecule has 0 spiro atoms. The van der Waals surface area contributed by atoms with Crippen molar-refractivity contribution in [2.45, 2.75) is 12.1 Å². The van der Waals surface area contributed by atoms with Crippen molar-refractivity contribution in [2.24, 2.45) is 0 Å². The summed E-state index contributed by atoms with van der Waals surface area (Å²) < 4.78 is 0. The lowest BCUT2D eigenvalue weighted by Crippen LogP contribution is -2.25. The number of urea groups is 1. The quantitative estimate of drug-likeness (QED) is 0.875. The van der Waals surface area contributed by atoms with Gasteiger partial charge in [0.25, 0.3) is 0 Å². The molecule has 0 aromatic heterocycles. The maximum absolute atomic E-state index is 12.0. The monoisotopic (exact) mass is 252 g/mol. The molecule has 1 aliphatic heterocycles. The van der Waals surface area contributed by atoms with Crippen molar-refractivity contribution < 1.29 is 4.79 Å². The highest BCUT2D eigenvalue weighted by Crippen LogP contribution is 2.37. The Morgan fingerprint density at radius 2 is 1.42 bits per heavy atom. The van der Waals surface area contributed by atoms with E-state index in [-0.39, 0.29) is 18.1 Å². The Hall–Kier alpha value is -2.29. The summed E-state index contributed by atoms with van der Waals surface area (Å²) in [5.41, 5.74) is 2.28. The number of nitrogens with zero attached hydrogens (tertiary/aromatic N) is 1. The van der Waals surface area contributed by atoms with Crippen LogP contribution in [0, 0.1) is 0 Å². The van der Waals surface area contributed by atoms with Crippen molar-refractivity contribution in [1.29, 1.82) is 0 Å². The molecule has 3 heteroatoms. The Bertz CT molecular complexity index is 568. The number of rotatable bonds is 2. The van der Waals surface area contributed by atoms with Gasteiger partial charge in [0.2, 0.25) is 0 Å². The van der Waals surface area contributed by atoms with Gasteiger partial charge in [-0.1, -0.05) is 60.7 Å². The minimum absolute atomic E-state index is 0.00102. The van der Waals surface area contributed by atoms with Gasteiger partial charge in [-0.15, -0.1) is 0 Å². The van der Waals surface area contributed by atoms with Gasteiger partial charge in [0, 0.05) is 7.05 Å². The third-order valence-electron chi connectivity index (χ3n) is 3.63. The highest BCUT2D eigenvalue weighted by atomic mass is 16.2. The van der Waals surface area contributed by atoms with Crippen LogP contribution in [0.2, 0.25) is 0 Å². The first-order chi connectivity index (χ1) is 9.27. The molecule has 1 fully saturated rings. The molecule has 0 unspecified atom stereocenters. The molecule has 1 heterocycles. The molecule has 2 amide bonds. The SMILES string of the molecule is CN1C(=O)N[C@H](c2ccccc2)[C@H]1c1ccccc1. The highest BCUT2D eigenvalue weighted by molar-refractivity contribution is 5.78. The summed E-state index contributed by atoms with van der Waals surface area (Å²) in [6.45, 7) is 0. The van der Waals surface area contributed by atoms with Crippen LogP contribution in [0.25, 0.3) is 0 Å². The molecule has 96 valence electrons. The van der Waals surface area contributed by atoms with E-state index in [1.807, 2.05) is 43.4 Å². The predicted octanol–water partition coefficient (Wildman–Crippen LogP) is 3.12. The van der Waals surface area contributed by atoms with Crippen molar-refractivity contribution >= 4 is 6.03 Å². The lowest BCUT2D eigenvalue weighted by molar-refractivity contribution is 0.216. The van der Waals surface area contributed by atoms with E-state index in [2.05, 4.69) is 29.6 Å². The van der Waals surface area contributed by atoms with Crippen LogP contribution < -0.4 is 5.32 Å². The van der Waals surface area contributed by atoms with Crippen molar-refractivity contribution in [3.63, 3.8) is 0 Å². The van der Waals surface area contributed by atoms with Gasteiger partial charge in [0.05, 0.1) is 12.1 Å². The topological polar surface area (TPSA) is 32.3 Å². The highest BCUT2D eigenvalue weighted by Gasteiger charge is 2.38. The van der Waals surface area contributed by atoms with Crippen molar-refractivity contribution in [3.8, 4) is 0 Å². The van der Waals surface area contributed by atoms with Gasteiger partial charge in [-0.2, -0.15) is 0 Å². The molecule has 0 bridgehead atoms. The van der Waals surface area contributed by atoms with Crippen LogP contribution in [0.4, 0.5) is 4.79 Å². The molecule has 1 N–H and O–H groups in total. The summed E-state index contributed by atoms with van der Waals surface area (Å²) in [7, 11) is 1.84. The Kier molecular flexibility index (Phi) is 2.95. The largest absolute Gasteiger partial charge is 0.329 e. The van der Waals surface area contributed by atoms with E-state index in [1.165, 1.54) is 0 Å². The van der Waals surface area contributed by atoms with Gasteiger partial charge in [0.15, 0.2) is 0 Å². The third-order valence-corrected chi connectivity index (χ3v) is 3.63. The Balaban J connectivity index is 2.01. The van der Waals surface area contributed by atoms with Crippen LogP contribution in [0.1, 0.15) is 23.2 Å². The molecule has 2 aromatic carbocycles. The summed E-state index contributed by atoms with van der Waals surface area (Å²) in [6.07, 6.45) is 0. The Morgan fingerprint density at radius 3 is 2.00 bits per heavy atom. The van der Waals surface area contributed by atoms with Crippen LogP contribution in [0.5, 0.6) is 0 Å². The van der Waals surface area contributed by atoms with Gasteiger partial charge in [-0.05, 0) is 11.1 Å². The zero-order valence-corrected chi connectivity index (χ0v) is 10.8. The maximum atomic E-state index is 12.0. The second kappa shape index (κ2) is 4.76. The van der Waals surface area contributed by atoms with Gasteiger partial charge < -0.3 is 10.2 Å². The molecule has 19 heavy (non-hydrogen) atoms. The first kappa shape index (κ1) is 11.8. The second-order valence-electron chi connectivity index (χ2n) is 4.80. The minimum atomic E-state index is -0.0253. The lowest BCUT2D eigenvalue weighted by Gasteiger charge is -2.24. The summed E-state index contributed by atoms with van der Waals surface area (Å²) in [6, 6.07) is 20.3. The van der Waals surface area contributed by atoms with Crippen LogP contribution in [0.3, 0.4) is 0 Å². The first-order valence-corrected chi connectivity index (χ1v) is 6.40. The number of likely N-dealkylation sites (N-methyl/N-ethyl adjacent to an activating group) is 1. The van der Waals surface area contributed by atoms with E-state index in [1.54, 1.807) is 4.90 Å². The van der Waals surface area contributed by atoms with Crippen molar-refractivity contribution in [1.82, 2.24) is 10.2 Å². The maximum Gasteiger partial charge on any atom is 0.318 e. The van der Waals surface area contributed by atoms with Gasteiger partial charge in [-0.25, -0.2) is 4.79 Å². The molecule has 0 radical (unpaired) electrons. The summed E-state index contributed by atoms with van der Waals surface area (Å²) >= 11 is 0. The van der Waals surface area contributed by atoms with E-state index < -0.39 is 0 Å². The van der Waals surface area contributed by atoms with Crippen molar-refractivity contribution in [3.05, 3.63) is 71.8 Å². The molecule has 3 nitrogen and oxygen atoms in total. The number of hydrogen-bond donors (Lipinski definition) is 1. The fourth-order valence-electron chi connectivity index (χ4n) is 2.66. The number of hydrogen-bond acceptors (Lipinski definition) is 1. The smallest absolute Gasteiger partial charge is 0.318 e. The van der Waals surface area contributed by atoms with E-state index in [0.29, 0.717) is 0 Å². The number of carbonyl (C=O) groups excluding carboxylic acids is 1. The van der Waals surface area contributed by atoms with Gasteiger partial charge >= 0.3 is 6.03 Å². The Morgan fingerprint density at radius 1 is 0.895 bits per heavy atom. The van der Waals surface area contributed by atoms with Gasteiger partial charge in [0.1, 0.15) is 0 Å². The molecule has 2 aromatic rings. The molecule has 3 rings (SSSR count).